The van der Waals surface area contributed by atoms with Crippen LogP contribution in [0.15, 0.2) is 41.8 Å². The van der Waals surface area contributed by atoms with Gasteiger partial charge in [-0.1, -0.05) is 18.2 Å². The highest BCUT2D eigenvalue weighted by molar-refractivity contribution is 5.30. The van der Waals surface area contributed by atoms with Gasteiger partial charge < -0.3 is 0 Å². The Morgan fingerprint density at radius 3 is 2.62 bits per heavy atom. The van der Waals surface area contributed by atoms with Crippen LogP contribution in [0.4, 0.5) is 5.95 Å². The number of benzene rings is 1. The molecule has 5 nitrogen and oxygen atoms in total. The van der Waals surface area contributed by atoms with Gasteiger partial charge in [-0.3, -0.25) is 0 Å². The number of hydrogen-bond donors (Lipinski definition) is 0. The lowest BCUT2D eigenvalue weighted by Crippen LogP contribution is -1.92. The van der Waals surface area contributed by atoms with Gasteiger partial charge >= 0.3 is 5.95 Å². The minimum Gasteiger partial charge on any atom is -0.219 e. The second-order valence-electron chi connectivity index (χ2n) is 2.42. The highest BCUT2D eigenvalue weighted by atomic mass is 16.3. The van der Waals surface area contributed by atoms with Gasteiger partial charge in [-0.25, -0.2) is 4.68 Å². The third kappa shape index (κ3) is 1.44. The standard InChI is InChI=1S/C8H6N4O/c13-11-8-9-6-12(10-8)7-4-2-1-3-5-7/h1-6H. The van der Waals surface area contributed by atoms with Crippen molar-refractivity contribution in [3.8, 4) is 5.69 Å². The largest absolute Gasteiger partial charge is 0.309 e. The van der Waals surface area contributed by atoms with Gasteiger partial charge in [0.25, 0.3) is 0 Å². The van der Waals surface area contributed by atoms with Crippen molar-refractivity contribution in [2.24, 2.45) is 5.18 Å². The maximum Gasteiger partial charge on any atom is 0.309 e. The quantitative estimate of drug-likeness (QED) is 0.650. The van der Waals surface area contributed by atoms with Crippen molar-refractivity contribution >= 4 is 5.95 Å². The molecule has 0 N–H and O–H groups in total. The van der Waals surface area contributed by atoms with Crippen LogP contribution >= 0.6 is 0 Å². The number of rotatable bonds is 2. The van der Waals surface area contributed by atoms with E-state index in [4.69, 9.17) is 0 Å². The molecule has 0 radical (unpaired) electrons. The van der Waals surface area contributed by atoms with Gasteiger partial charge in [-0.2, -0.15) is 4.98 Å². The smallest absolute Gasteiger partial charge is 0.219 e. The van der Waals surface area contributed by atoms with Crippen LogP contribution in [0.5, 0.6) is 0 Å². The number of aromatic nitrogens is 3. The predicted octanol–water partition coefficient (Wildman–Crippen LogP) is 1.67. The lowest BCUT2D eigenvalue weighted by atomic mass is 10.3. The fourth-order valence-electron chi connectivity index (χ4n) is 1.00. The molecule has 0 unspecified atom stereocenters. The summed E-state index contributed by atoms with van der Waals surface area (Å²) in [5, 5.41) is 6.45. The van der Waals surface area contributed by atoms with E-state index in [1.165, 1.54) is 11.0 Å². The molecule has 1 heterocycles. The van der Waals surface area contributed by atoms with Crippen LogP contribution in [-0.2, 0) is 0 Å². The van der Waals surface area contributed by atoms with E-state index >= 15 is 0 Å². The third-order valence-corrected chi connectivity index (χ3v) is 1.58. The summed E-state index contributed by atoms with van der Waals surface area (Å²) in [6, 6.07) is 9.39. The normalized spacial score (nSPS) is 9.85. The van der Waals surface area contributed by atoms with E-state index in [1.807, 2.05) is 30.3 Å². The van der Waals surface area contributed by atoms with E-state index in [-0.39, 0.29) is 5.95 Å². The summed E-state index contributed by atoms with van der Waals surface area (Å²) in [6.07, 6.45) is 1.45. The molecule has 2 rings (SSSR count). The molecule has 0 saturated carbocycles. The molecule has 13 heavy (non-hydrogen) atoms. The van der Waals surface area contributed by atoms with Crippen LogP contribution in [0, 0.1) is 4.91 Å². The number of nitrogens with zero attached hydrogens (tertiary/aromatic N) is 4. The van der Waals surface area contributed by atoms with Gasteiger partial charge in [0.1, 0.15) is 6.33 Å². The van der Waals surface area contributed by atoms with Crippen LogP contribution in [0.25, 0.3) is 5.69 Å². The van der Waals surface area contributed by atoms with E-state index < -0.39 is 0 Å². The molecule has 0 amide bonds. The summed E-state index contributed by atoms with van der Waals surface area (Å²) >= 11 is 0. The van der Waals surface area contributed by atoms with E-state index in [2.05, 4.69) is 15.3 Å². The first-order chi connectivity index (χ1) is 6.40. The van der Waals surface area contributed by atoms with Crippen molar-refractivity contribution in [1.82, 2.24) is 14.8 Å². The van der Waals surface area contributed by atoms with Crippen molar-refractivity contribution in [3.05, 3.63) is 41.6 Å². The zero-order valence-electron chi connectivity index (χ0n) is 6.66. The van der Waals surface area contributed by atoms with Gasteiger partial charge in [-0.05, 0) is 12.1 Å². The maximum atomic E-state index is 10.1. The van der Waals surface area contributed by atoms with E-state index in [0.717, 1.165) is 5.69 Å². The molecule has 0 bridgehead atoms. The van der Waals surface area contributed by atoms with Gasteiger partial charge in [0.15, 0.2) is 0 Å². The van der Waals surface area contributed by atoms with E-state index in [1.54, 1.807) is 0 Å². The van der Waals surface area contributed by atoms with Crippen LogP contribution in [0.1, 0.15) is 0 Å². The fraction of sp³-hybridized carbons (Fsp3) is 0. The topological polar surface area (TPSA) is 60.1 Å². The Balaban J connectivity index is 2.41. The zero-order valence-corrected chi connectivity index (χ0v) is 6.66. The first kappa shape index (κ1) is 7.60. The Labute approximate surface area is 74.0 Å². The monoisotopic (exact) mass is 174 g/mol. The first-order valence-corrected chi connectivity index (χ1v) is 3.70. The maximum absolute atomic E-state index is 10.1. The minimum atomic E-state index is -0.0520. The highest BCUT2D eigenvalue weighted by Crippen LogP contribution is 2.07. The number of para-hydroxylation sites is 1. The van der Waals surface area contributed by atoms with Crippen LogP contribution < -0.4 is 0 Å². The molecule has 0 spiro atoms. The molecular formula is C8H6N4O. The van der Waals surface area contributed by atoms with Crippen molar-refractivity contribution in [2.45, 2.75) is 0 Å². The fourth-order valence-corrected chi connectivity index (χ4v) is 1.00. The molecule has 1 aromatic heterocycles. The summed E-state index contributed by atoms with van der Waals surface area (Å²) in [5.41, 5.74) is 0.852. The molecule has 5 heteroatoms. The second-order valence-corrected chi connectivity index (χ2v) is 2.42. The molecule has 0 saturated heterocycles. The van der Waals surface area contributed by atoms with Crippen LogP contribution in [0.2, 0.25) is 0 Å². The summed E-state index contributed by atoms with van der Waals surface area (Å²) in [5.74, 6) is -0.0520. The van der Waals surface area contributed by atoms with Crippen LogP contribution in [-0.4, -0.2) is 14.8 Å². The van der Waals surface area contributed by atoms with Gasteiger partial charge in [0, 0.05) is 5.18 Å². The van der Waals surface area contributed by atoms with Crippen molar-refractivity contribution < 1.29 is 0 Å². The Kier molecular flexibility index (Phi) is 1.84. The SMILES string of the molecule is O=Nc1ncn(-c2ccccc2)n1. The molecule has 0 aliphatic rings. The second kappa shape index (κ2) is 3.14. The Morgan fingerprint density at radius 2 is 2.00 bits per heavy atom. The minimum absolute atomic E-state index is 0.0520. The van der Waals surface area contributed by atoms with Gasteiger partial charge in [-0.15, -0.1) is 10.0 Å². The molecule has 0 atom stereocenters. The van der Waals surface area contributed by atoms with Crippen molar-refractivity contribution in [3.63, 3.8) is 0 Å². The summed E-state index contributed by atoms with van der Waals surface area (Å²) < 4.78 is 1.50. The average molecular weight is 174 g/mol. The molecule has 1 aromatic carbocycles. The van der Waals surface area contributed by atoms with Crippen molar-refractivity contribution in [1.29, 1.82) is 0 Å². The Morgan fingerprint density at radius 1 is 1.23 bits per heavy atom. The van der Waals surface area contributed by atoms with Gasteiger partial charge in [0.05, 0.1) is 5.69 Å². The Hall–Kier alpha value is -2.04. The van der Waals surface area contributed by atoms with Crippen molar-refractivity contribution in [2.75, 3.05) is 0 Å². The van der Waals surface area contributed by atoms with E-state index in [9.17, 15) is 4.91 Å². The first-order valence-electron chi connectivity index (χ1n) is 3.70. The lowest BCUT2D eigenvalue weighted by Gasteiger charge is -1.96. The van der Waals surface area contributed by atoms with Gasteiger partial charge in [0.2, 0.25) is 0 Å². The summed E-state index contributed by atoms with van der Waals surface area (Å²) in [4.78, 5) is 13.7. The zero-order chi connectivity index (χ0) is 9.10. The average Bonchev–Trinajstić information content (AvgIpc) is 2.67. The molecular weight excluding hydrogens is 168 g/mol. The molecule has 2 aromatic rings. The molecule has 0 aliphatic heterocycles. The summed E-state index contributed by atoms with van der Waals surface area (Å²) in [6.45, 7) is 0. The highest BCUT2D eigenvalue weighted by Gasteiger charge is 2.00. The molecule has 64 valence electrons. The molecule has 0 aliphatic carbocycles. The number of nitroso groups, excluding NO2 is 1. The predicted molar refractivity (Wildman–Crippen MR) is 46.8 cm³/mol. The van der Waals surface area contributed by atoms with Crippen LogP contribution in [0.3, 0.4) is 0 Å². The summed E-state index contributed by atoms with van der Waals surface area (Å²) in [7, 11) is 0. The Bertz CT molecular complexity index is 409. The lowest BCUT2D eigenvalue weighted by molar-refractivity contribution is 0.878. The number of hydrogen-bond acceptors (Lipinski definition) is 4. The third-order valence-electron chi connectivity index (χ3n) is 1.58. The van der Waals surface area contributed by atoms with E-state index in [0.29, 0.717) is 0 Å². The molecule has 0 fully saturated rings.